The fraction of sp³-hybridized carbons (Fsp3) is 0.353. The summed E-state index contributed by atoms with van der Waals surface area (Å²) in [5, 5.41) is 17.1. The molecule has 0 aliphatic carbocycles. The van der Waals surface area contributed by atoms with Gasteiger partial charge in [-0.25, -0.2) is 4.98 Å². The van der Waals surface area contributed by atoms with Gasteiger partial charge in [0.15, 0.2) is 0 Å². The summed E-state index contributed by atoms with van der Waals surface area (Å²) in [4.78, 5) is 18.7. The lowest BCUT2D eigenvalue weighted by Gasteiger charge is -2.25. The lowest BCUT2D eigenvalue weighted by atomic mass is 10.0. The SMILES string of the molecule is NC(=O)C(c1ccc(-c2nn[nH]n2)cc1)N1CCC(Cc2nccs2)C1. The van der Waals surface area contributed by atoms with Gasteiger partial charge < -0.3 is 5.73 Å². The summed E-state index contributed by atoms with van der Waals surface area (Å²) in [6.45, 7) is 1.70. The van der Waals surface area contributed by atoms with E-state index in [1.165, 1.54) is 0 Å². The first kappa shape index (κ1) is 16.8. The maximum Gasteiger partial charge on any atom is 0.239 e. The summed E-state index contributed by atoms with van der Waals surface area (Å²) >= 11 is 1.68. The molecule has 2 atom stereocenters. The Labute approximate surface area is 154 Å². The Morgan fingerprint density at radius 1 is 1.38 bits per heavy atom. The Balaban J connectivity index is 1.48. The minimum absolute atomic E-state index is 0.327. The van der Waals surface area contributed by atoms with Crippen LogP contribution in [-0.2, 0) is 11.2 Å². The zero-order valence-electron chi connectivity index (χ0n) is 14.1. The standard InChI is InChI=1S/C17H19N7OS/c18-16(25)15(12-1-3-13(4-2-12)17-20-22-23-21-17)24-7-5-11(10-24)9-14-19-6-8-26-14/h1-4,6,8,11,15H,5,7,9-10H2,(H2,18,25)(H,20,21,22,23). The van der Waals surface area contributed by atoms with Crippen molar-refractivity contribution < 1.29 is 4.79 Å². The van der Waals surface area contributed by atoms with Crippen molar-refractivity contribution >= 4 is 17.2 Å². The molecule has 0 radical (unpaired) electrons. The third-order valence-electron chi connectivity index (χ3n) is 4.73. The van der Waals surface area contributed by atoms with Gasteiger partial charge in [-0.1, -0.05) is 24.3 Å². The van der Waals surface area contributed by atoms with Gasteiger partial charge in [-0.3, -0.25) is 9.69 Å². The van der Waals surface area contributed by atoms with Crippen LogP contribution in [-0.4, -0.2) is 49.5 Å². The van der Waals surface area contributed by atoms with Crippen LogP contribution in [0.25, 0.3) is 11.4 Å². The van der Waals surface area contributed by atoms with Gasteiger partial charge >= 0.3 is 0 Å². The van der Waals surface area contributed by atoms with Gasteiger partial charge in [0.1, 0.15) is 6.04 Å². The normalized spacial score (nSPS) is 18.8. The molecule has 2 unspecified atom stereocenters. The van der Waals surface area contributed by atoms with E-state index in [0.29, 0.717) is 11.7 Å². The largest absolute Gasteiger partial charge is 0.368 e. The number of thiazole rings is 1. The van der Waals surface area contributed by atoms with Crippen molar-refractivity contribution in [2.45, 2.75) is 18.9 Å². The zero-order chi connectivity index (χ0) is 17.9. The van der Waals surface area contributed by atoms with Gasteiger partial charge in [0.05, 0.1) is 5.01 Å². The van der Waals surface area contributed by atoms with Crippen LogP contribution in [0.1, 0.15) is 23.0 Å². The lowest BCUT2D eigenvalue weighted by molar-refractivity contribution is -0.123. The third kappa shape index (κ3) is 3.49. The molecule has 8 nitrogen and oxygen atoms in total. The molecule has 1 aliphatic rings. The number of nitrogens with two attached hydrogens (primary N) is 1. The quantitative estimate of drug-likeness (QED) is 0.679. The number of likely N-dealkylation sites (tertiary alicyclic amines) is 1. The summed E-state index contributed by atoms with van der Waals surface area (Å²) < 4.78 is 0. The maximum absolute atomic E-state index is 12.2. The molecule has 0 saturated carbocycles. The Kier molecular flexibility index (Phi) is 4.72. The first-order valence-electron chi connectivity index (χ1n) is 8.46. The second-order valence-corrected chi connectivity index (χ2v) is 7.42. The van der Waals surface area contributed by atoms with E-state index in [9.17, 15) is 4.79 Å². The number of tetrazole rings is 1. The number of carbonyl (C=O) groups is 1. The fourth-order valence-electron chi connectivity index (χ4n) is 3.52. The summed E-state index contributed by atoms with van der Waals surface area (Å²) in [7, 11) is 0. The topological polar surface area (TPSA) is 114 Å². The van der Waals surface area contributed by atoms with E-state index in [-0.39, 0.29) is 5.91 Å². The number of nitrogens with one attached hydrogen (secondary N) is 1. The number of carbonyl (C=O) groups excluding carboxylic acids is 1. The predicted octanol–water partition coefficient (Wildman–Crippen LogP) is 1.41. The van der Waals surface area contributed by atoms with Crippen molar-refractivity contribution in [3.05, 3.63) is 46.4 Å². The van der Waals surface area contributed by atoms with E-state index in [1.807, 2.05) is 35.8 Å². The predicted molar refractivity (Wildman–Crippen MR) is 97.0 cm³/mol. The molecule has 3 N–H and O–H groups in total. The van der Waals surface area contributed by atoms with Gasteiger partial charge in [-0.2, -0.15) is 5.21 Å². The fourth-order valence-corrected chi connectivity index (χ4v) is 4.25. The number of primary amides is 1. The molecule has 3 heterocycles. The van der Waals surface area contributed by atoms with Crippen LogP contribution in [0.15, 0.2) is 35.8 Å². The third-order valence-corrected chi connectivity index (χ3v) is 5.53. The molecule has 9 heteroatoms. The van der Waals surface area contributed by atoms with E-state index in [0.717, 1.165) is 42.1 Å². The van der Waals surface area contributed by atoms with Gasteiger partial charge in [-0.15, -0.1) is 21.5 Å². The van der Waals surface area contributed by atoms with E-state index >= 15 is 0 Å². The second kappa shape index (κ2) is 7.30. The number of H-pyrrole nitrogens is 1. The number of amides is 1. The summed E-state index contributed by atoms with van der Waals surface area (Å²) in [6.07, 6.45) is 3.84. The molecule has 1 amide bonds. The van der Waals surface area contributed by atoms with Gasteiger partial charge in [-0.05, 0) is 29.7 Å². The van der Waals surface area contributed by atoms with Crippen molar-refractivity contribution in [1.29, 1.82) is 0 Å². The van der Waals surface area contributed by atoms with Crippen LogP contribution in [0.3, 0.4) is 0 Å². The van der Waals surface area contributed by atoms with Crippen LogP contribution in [0.4, 0.5) is 0 Å². The Bertz CT molecular complexity index is 848. The van der Waals surface area contributed by atoms with Crippen LogP contribution in [0.2, 0.25) is 0 Å². The molecule has 4 rings (SSSR count). The van der Waals surface area contributed by atoms with E-state index in [4.69, 9.17) is 5.73 Å². The molecule has 1 aliphatic heterocycles. The molecule has 1 aromatic carbocycles. The Hall–Kier alpha value is -2.65. The summed E-state index contributed by atoms with van der Waals surface area (Å²) in [5.74, 6) is 0.700. The molecule has 0 spiro atoms. The maximum atomic E-state index is 12.2. The molecule has 134 valence electrons. The van der Waals surface area contributed by atoms with E-state index < -0.39 is 6.04 Å². The molecule has 1 fully saturated rings. The van der Waals surface area contributed by atoms with Gasteiger partial charge in [0.25, 0.3) is 0 Å². The molecule has 2 aromatic heterocycles. The highest BCUT2D eigenvalue weighted by Gasteiger charge is 2.32. The molecular weight excluding hydrogens is 350 g/mol. The van der Waals surface area contributed by atoms with Crippen molar-refractivity contribution in [1.82, 2.24) is 30.5 Å². The lowest BCUT2D eigenvalue weighted by Crippen LogP contribution is -2.36. The van der Waals surface area contributed by atoms with Crippen molar-refractivity contribution in [2.75, 3.05) is 13.1 Å². The molecular formula is C17H19N7OS. The van der Waals surface area contributed by atoms with Crippen LogP contribution in [0.5, 0.6) is 0 Å². The summed E-state index contributed by atoms with van der Waals surface area (Å²) in [5.41, 5.74) is 7.46. The highest BCUT2D eigenvalue weighted by molar-refractivity contribution is 7.09. The first-order valence-corrected chi connectivity index (χ1v) is 9.34. The Morgan fingerprint density at radius 3 is 2.88 bits per heavy atom. The molecule has 26 heavy (non-hydrogen) atoms. The summed E-state index contributed by atoms with van der Waals surface area (Å²) in [6, 6.07) is 7.18. The van der Waals surface area contributed by atoms with Gasteiger partial charge in [0.2, 0.25) is 11.7 Å². The van der Waals surface area contributed by atoms with E-state index in [1.54, 1.807) is 11.3 Å². The monoisotopic (exact) mass is 369 g/mol. The Morgan fingerprint density at radius 2 is 2.23 bits per heavy atom. The zero-order valence-corrected chi connectivity index (χ0v) is 14.9. The number of rotatable bonds is 6. The molecule has 3 aromatic rings. The number of hydrogen-bond donors (Lipinski definition) is 2. The minimum atomic E-state index is -0.421. The van der Waals surface area contributed by atoms with Crippen molar-refractivity contribution in [3.8, 4) is 11.4 Å². The highest BCUT2D eigenvalue weighted by Crippen LogP contribution is 2.30. The average molecular weight is 369 g/mol. The number of nitrogens with zero attached hydrogens (tertiary/aromatic N) is 5. The number of aromatic amines is 1. The highest BCUT2D eigenvalue weighted by atomic mass is 32.1. The average Bonchev–Trinajstić information content (AvgIpc) is 3.38. The van der Waals surface area contributed by atoms with E-state index in [2.05, 4.69) is 30.5 Å². The van der Waals surface area contributed by atoms with Gasteiger partial charge in [0, 0.05) is 30.1 Å². The van der Waals surface area contributed by atoms with Crippen molar-refractivity contribution in [3.63, 3.8) is 0 Å². The minimum Gasteiger partial charge on any atom is -0.368 e. The number of aromatic nitrogens is 5. The van der Waals surface area contributed by atoms with Crippen molar-refractivity contribution in [2.24, 2.45) is 11.7 Å². The number of hydrogen-bond acceptors (Lipinski definition) is 7. The first-order chi connectivity index (χ1) is 12.7. The molecule has 1 saturated heterocycles. The second-order valence-electron chi connectivity index (χ2n) is 6.44. The van der Waals surface area contributed by atoms with Crippen LogP contribution in [0, 0.1) is 5.92 Å². The number of benzene rings is 1. The van der Waals surface area contributed by atoms with Crippen LogP contribution < -0.4 is 5.73 Å². The smallest absolute Gasteiger partial charge is 0.239 e. The molecule has 0 bridgehead atoms. The van der Waals surface area contributed by atoms with Crippen LogP contribution >= 0.6 is 11.3 Å².